The number of benzene rings is 2. The van der Waals surface area contributed by atoms with Crippen molar-refractivity contribution >= 4 is 15.9 Å². The predicted octanol–water partition coefficient (Wildman–Crippen LogP) is 2.53. The van der Waals surface area contributed by atoms with Crippen molar-refractivity contribution in [3.63, 3.8) is 0 Å². The van der Waals surface area contributed by atoms with Gasteiger partial charge in [-0.1, -0.05) is 30.3 Å². The number of carbonyl (C=O) groups is 1. The van der Waals surface area contributed by atoms with Gasteiger partial charge in [-0.05, 0) is 42.7 Å². The van der Waals surface area contributed by atoms with Gasteiger partial charge in [0.05, 0.1) is 31.3 Å². The maximum Gasteiger partial charge on any atom is 0.243 e. The molecule has 30 heavy (non-hydrogen) atoms. The molecule has 1 amide bonds. The van der Waals surface area contributed by atoms with Crippen LogP contribution in [0.5, 0.6) is 5.75 Å². The van der Waals surface area contributed by atoms with E-state index in [1.165, 1.54) is 11.4 Å². The van der Waals surface area contributed by atoms with Gasteiger partial charge in [0, 0.05) is 19.5 Å². The number of hydrogen-bond donors (Lipinski definition) is 1. The number of rotatable bonds is 8. The van der Waals surface area contributed by atoms with E-state index in [0.717, 1.165) is 5.56 Å². The number of morpholine rings is 1. The van der Waals surface area contributed by atoms with Crippen molar-refractivity contribution in [3.8, 4) is 5.75 Å². The lowest BCUT2D eigenvalue weighted by Crippen LogP contribution is -2.40. The number of sulfonamides is 1. The molecule has 0 bridgehead atoms. The molecule has 1 aliphatic heterocycles. The van der Waals surface area contributed by atoms with Crippen LogP contribution in [0, 0.1) is 0 Å². The molecular formula is C22H28N2O5S. The van der Waals surface area contributed by atoms with Crippen LogP contribution in [0.3, 0.4) is 0 Å². The second-order valence-electron chi connectivity index (χ2n) is 7.19. The van der Waals surface area contributed by atoms with Crippen LogP contribution >= 0.6 is 0 Å². The lowest BCUT2D eigenvalue weighted by molar-refractivity contribution is -0.121. The minimum Gasteiger partial charge on any atom is -0.496 e. The van der Waals surface area contributed by atoms with E-state index in [4.69, 9.17) is 9.47 Å². The summed E-state index contributed by atoms with van der Waals surface area (Å²) in [4.78, 5) is 12.6. The largest absolute Gasteiger partial charge is 0.496 e. The SMILES string of the molecule is COc1ccc(S(=O)(=O)N2CCOCC2)cc1CCC(=O)NC(C)c1ccccc1. The summed E-state index contributed by atoms with van der Waals surface area (Å²) in [5.74, 6) is 0.467. The third kappa shape index (κ3) is 5.38. The van der Waals surface area contributed by atoms with Crippen LogP contribution in [-0.2, 0) is 26.0 Å². The van der Waals surface area contributed by atoms with Crippen molar-refractivity contribution in [1.82, 2.24) is 9.62 Å². The standard InChI is InChI=1S/C22H28N2O5S/c1-17(18-6-4-3-5-7-18)23-22(25)11-8-19-16-20(9-10-21(19)28-2)30(26,27)24-12-14-29-15-13-24/h3-7,9-10,16-17H,8,11-15H2,1-2H3,(H,23,25). The van der Waals surface area contributed by atoms with Crippen LogP contribution in [0.1, 0.15) is 30.5 Å². The summed E-state index contributed by atoms with van der Waals surface area (Å²) in [5.41, 5.74) is 1.72. The number of nitrogens with zero attached hydrogens (tertiary/aromatic N) is 1. The molecule has 0 aromatic heterocycles. The molecule has 0 aliphatic carbocycles. The van der Waals surface area contributed by atoms with E-state index in [-0.39, 0.29) is 23.3 Å². The Labute approximate surface area is 178 Å². The third-order valence-corrected chi connectivity index (χ3v) is 7.05. The quantitative estimate of drug-likeness (QED) is 0.693. The van der Waals surface area contributed by atoms with Gasteiger partial charge in [-0.3, -0.25) is 4.79 Å². The average molecular weight is 433 g/mol. The Balaban J connectivity index is 1.69. The molecule has 2 aromatic rings. The fraction of sp³-hybridized carbons (Fsp3) is 0.409. The van der Waals surface area contributed by atoms with Gasteiger partial charge < -0.3 is 14.8 Å². The van der Waals surface area contributed by atoms with Crippen molar-refractivity contribution in [1.29, 1.82) is 0 Å². The van der Waals surface area contributed by atoms with Crippen molar-refractivity contribution < 1.29 is 22.7 Å². The van der Waals surface area contributed by atoms with Gasteiger partial charge in [0.2, 0.25) is 15.9 Å². The number of amides is 1. The first-order valence-electron chi connectivity index (χ1n) is 10.0. The Bertz CT molecular complexity index is 957. The zero-order valence-electron chi connectivity index (χ0n) is 17.3. The summed E-state index contributed by atoms with van der Waals surface area (Å²) in [7, 11) is -2.07. The number of nitrogens with one attached hydrogen (secondary N) is 1. The normalized spacial score (nSPS) is 16.1. The smallest absolute Gasteiger partial charge is 0.243 e. The summed E-state index contributed by atoms with van der Waals surface area (Å²) in [6.45, 7) is 3.39. The molecule has 2 aromatic carbocycles. The molecule has 1 unspecified atom stereocenters. The van der Waals surface area contributed by atoms with Crippen molar-refractivity contribution in [2.24, 2.45) is 0 Å². The van der Waals surface area contributed by atoms with Crippen molar-refractivity contribution in [2.45, 2.75) is 30.7 Å². The molecule has 0 saturated carbocycles. The zero-order valence-corrected chi connectivity index (χ0v) is 18.2. The number of aryl methyl sites for hydroxylation is 1. The molecule has 0 spiro atoms. The minimum absolute atomic E-state index is 0.102. The van der Waals surface area contributed by atoms with E-state index in [0.29, 0.717) is 44.0 Å². The lowest BCUT2D eigenvalue weighted by atomic mass is 10.1. The Morgan fingerprint density at radius 2 is 1.87 bits per heavy atom. The Morgan fingerprint density at radius 1 is 1.17 bits per heavy atom. The Hall–Kier alpha value is -2.42. The summed E-state index contributed by atoms with van der Waals surface area (Å²) in [5, 5.41) is 2.98. The topological polar surface area (TPSA) is 84.9 Å². The van der Waals surface area contributed by atoms with Gasteiger partial charge in [-0.2, -0.15) is 4.31 Å². The molecular weight excluding hydrogens is 404 g/mol. The molecule has 1 heterocycles. The van der Waals surface area contributed by atoms with E-state index in [1.54, 1.807) is 18.2 Å². The number of carbonyl (C=O) groups excluding carboxylic acids is 1. The molecule has 7 nitrogen and oxygen atoms in total. The predicted molar refractivity (Wildman–Crippen MR) is 114 cm³/mol. The molecule has 1 N–H and O–H groups in total. The number of ether oxygens (including phenoxy) is 2. The van der Waals surface area contributed by atoms with Gasteiger partial charge in [-0.15, -0.1) is 0 Å². The summed E-state index contributed by atoms with van der Waals surface area (Å²) in [6, 6.07) is 14.4. The van der Waals surface area contributed by atoms with E-state index < -0.39 is 10.0 Å². The van der Waals surface area contributed by atoms with Crippen LogP contribution < -0.4 is 10.1 Å². The molecule has 3 rings (SSSR count). The van der Waals surface area contributed by atoms with Crippen LogP contribution in [0.2, 0.25) is 0 Å². The maximum atomic E-state index is 12.9. The zero-order chi connectivity index (χ0) is 21.6. The van der Waals surface area contributed by atoms with E-state index >= 15 is 0 Å². The van der Waals surface area contributed by atoms with Crippen molar-refractivity contribution in [3.05, 3.63) is 59.7 Å². The summed E-state index contributed by atoms with van der Waals surface area (Å²) in [6.07, 6.45) is 0.609. The first-order valence-corrected chi connectivity index (χ1v) is 11.4. The Kier molecular flexibility index (Phi) is 7.47. The maximum absolute atomic E-state index is 12.9. The first-order chi connectivity index (χ1) is 14.4. The fourth-order valence-corrected chi connectivity index (χ4v) is 4.89. The highest BCUT2D eigenvalue weighted by atomic mass is 32.2. The molecule has 8 heteroatoms. The van der Waals surface area contributed by atoms with Gasteiger partial charge in [0.15, 0.2) is 0 Å². The first kappa shape index (κ1) is 22.3. The van der Waals surface area contributed by atoms with Gasteiger partial charge >= 0.3 is 0 Å². The highest BCUT2D eigenvalue weighted by Gasteiger charge is 2.27. The van der Waals surface area contributed by atoms with Gasteiger partial charge in [-0.25, -0.2) is 8.42 Å². The van der Waals surface area contributed by atoms with Gasteiger partial charge in [0.25, 0.3) is 0 Å². The summed E-state index contributed by atoms with van der Waals surface area (Å²) >= 11 is 0. The number of hydrogen-bond acceptors (Lipinski definition) is 5. The second kappa shape index (κ2) is 10.1. The molecule has 1 atom stereocenters. The van der Waals surface area contributed by atoms with E-state index in [1.807, 2.05) is 37.3 Å². The van der Waals surface area contributed by atoms with E-state index in [2.05, 4.69) is 5.32 Å². The molecule has 0 radical (unpaired) electrons. The third-order valence-electron chi connectivity index (χ3n) is 5.16. The monoisotopic (exact) mass is 432 g/mol. The highest BCUT2D eigenvalue weighted by Crippen LogP contribution is 2.26. The van der Waals surface area contributed by atoms with Crippen LogP contribution in [0.4, 0.5) is 0 Å². The average Bonchev–Trinajstić information content (AvgIpc) is 2.78. The molecule has 162 valence electrons. The fourth-order valence-electron chi connectivity index (χ4n) is 3.43. The molecule has 1 aliphatic rings. The highest BCUT2D eigenvalue weighted by molar-refractivity contribution is 7.89. The number of methoxy groups -OCH3 is 1. The van der Waals surface area contributed by atoms with Crippen LogP contribution in [0.25, 0.3) is 0 Å². The Morgan fingerprint density at radius 3 is 2.53 bits per heavy atom. The summed E-state index contributed by atoms with van der Waals surface area (Å²) < 4.78 is 37.9. The van der Waals surface area contributed by atoms with Crippen LogP contribution in [-0.4, -0.2) is 52.0 Å². The van der Waals surface area contributed by atoms with Crippen molar-refractivity contribution in [2.75, 3.05) is 33.4 Å². The second-order valence-corrected chi connectivity index (χ2v) is 9.13. The van der Waals surface area contributed by atoms with Gasteiger partial charge in [0.1, 0.15) is 5.75 Å². The lowest BCUT2D eigenvalue weighted by Gasteiger charge is -2.26. The van der Waals surface area contributed by atoms with Crippen LogP contribution in [0.15, 0.2) is 53.4 Å². The molecule has 1 fully saturated rings. The minimum atomic E-state index is -3.61. The van der Waals surface area contributed by atoms with E-state index in [9.17, 15) is 13.2 Å². The molecule has 1 saturated heterocycles.